The van der Waals surface area contributed by atoms with E-state index in [0.717, 1.165) is 10.5 Å². The number of rotatable bonds is 6. The first kappa shape index (κ1) is 17.5. The number of hydrogen-bond acceptors (Lipinski definition) is 4. The third-order valence-corrected chi connectivity index (χ3v) is 5.51. The zero-order valence-electron chi connectivity index (χ0n) is 13.5. The second kappa shape index (κ2) is 8.15. The molecule has 1 saturated heterocycles. The topological polar surface area (TPSA) is 66.5 Å². The standard InChI is InChI=1S/C17H22N2O3S/c1-3-13-16(21)19(17(22)14(4-2)23-13)11-15(20)18-10-12-8-6-5-7-9-12/h5-9,13-14H,3-4,10-11H2,1-2H3,(H,18,20)/t13-,14-/m0/s1. The van der Waals surface area contributed by atoms with Crippen molar-refractivity contribution in [1.82, 2.24) is 10.2 Å². The van der Waals surface area contributed by atoms with Crippen LogP contribution in [0.1, 0.15) is 32.3 Å². The van der Waals surface area contributed by atoms with Crippen molar-refractivity contribution in [3.63, 3.8) is 0 Å². The number of benzene rings is 1. The van der Waals surface area contributed by atoms with E-state index < -0.39 is 0 Å². The van der Waals surface area contributed by atoms with Gasteiger partial charge in [0.15, 0.2) is 0 Å². The number of thioether (sulfide) groups is 1. The Bertz CT molecular complexity index is 554. The molecule has 2 rings (SSSR count). The minimum atomic E-state index is -0.313. The minimum absolute atomic E-state index is 0.196. The second-order valence-electron chi connectivity index (χ2n) is 5.45. The molecule has 5 nitrogen and oxygen atoms in total. The van der Waals surface area contributed by atoms with Crippen molar-refractivity contribution in [2.75, 3.05) is 6.54 Å². The molecule has 124 valence electrons. The third kappa shape index (κ3) is 4.34. The SMILES string of the molecule is CC[C@@H]1S[C@@H](CC)C(=O)N(CC(=O)NCc2ccccc2)C1=O. The third-order valence-electron chi connectivity index (χ3n) is 3.79. The molecule has 0 bridgehead atoms. The number of amides is 3. The number of hydrogen-bond donors (Lipinski definition) is 1. The van der Waals surface area contributed by atoms with Crippen LogP contribution in [0.15, 0.2) is 30.3 Å². The molecule has 0 spiro atoms. The molecular formula is C17H22N2O3S. The average molecular weight is 334 g/mol. The molecule has 6 heteroatoms. The minimum Gasteiger partial charge on any atom is -0.350 e. The highest BCUT2D eigenvalue weighted by Crippen LogP contribution is 2.31. The molecule has 2 atom stereocenters. The summed E-state index contributed by atoms with van der Waals surface area (Å²) < 4.78 is 0. The summed E-state index contributed by atoms with van der Waals surface area (Å²) in [6.45, 7) is 4.04. The maximum Gasteiger partial charge on any atom is 0.242 e. The van der Waals surface area contributed by atoms with Gasteiger partial charge in [-0.05, 0) is 18.4 Å². The molecule has 0 radical (unpaired) electrons. The van der Waals surface area contributed by atoms with Crippen LogP contribution in [0.5, 0.6) is 0 Å². The van der Waals surface area contributed by atoms with E-state index in [1.807, 2.05) is 44.2 Å². The fourth-order valence-electron chi connectivity index (χ4n) is 2.46. The Kier molecular flexibility index (Phi) is 6.21. The Morgan fingerprint density at radius 1 is 1.09 bits per heavy atom. The Labute approximate surface area is 140 Å². The predicted molar refractivity (Wildman–Crippen MR) is 90.8 cm³/mol. The van der Waals surface area contributed by atoms with E-state index >= 15 is 0 Å². The van der Waals surface area contributed by atoms with E-state index in [2.05, 4.69) is 5.32 Å². The van der Waals surface area contributed by atoms with Crippen LogP contribution in [0.2, 0.25) is 0 Å². The maximum absolute atomic E-state index is 12.3. The number of nitrogens with one attached hydrogen (secondary N) is 1. The van der Waals surface area contributed by atoms with Crippen LogP contribution in [0, 0.1) is 0 Å². The molecule has 0 aromatic heterocycles. The van der Waals surface area contributed by atoms with Crippen molar-refractivity contribution in [3.8, 4) is 0 Å². The zero-order valence-corrected chi connectivity index (χ0v) is 14.3. The summed E-state index contributed by atoms with van der Waals surface area (Å²) in [6, 6.07) is 9.52. The van der Waals surface area contributed by atoms with Crippen LogP contribution in [-0.2, 0) is 20.9 Å². The smallest absolute Gasteiger partial charge is 0.242 e. The molecule has 1 aromatic carbocycles. The van der Waals surface area contributed by atoms with Gasteiger partial charge in [0.05, 0.1) is 10.5 Å². The second-order valence-corrected chi connectivity index (χ2v) is 6.87. The summed E-state index contributed by atoms with van der Waals surface area (Å²) in [7, 11) is 0. The highest BCUT2D eigenvalue weighted by molar-refractivity contribution is 8.02. The highest BCUT2D eigenvalue weighted by Gasteiger charge is 2.40. The van der Waals surface area contributed by atoms with Gasteiger partial charge in [-0.2, -0.15) is 0 Å². The first-order chi connectivity index (χ1) is 11.1. The molecule has 1 heterocycles. The van der Waals surface area contributed by atoms with Crippen LogP contribution < -0.4 is 5.32 Å². The molecule has 1 fully saturated rings. The monoisotopic (exact) mass is 334 g/mol. The van der Waals surface area contributed by atoms with E-state index in [0.29, 0.717) is 19.4 Å². The summed E-state index contributed by atoms with van der Waals surface area (Å²) in [5.41, 5.74) is 0.977. The van der Waals surface area contributed by atoms with Crippen molar-refractivity contribution < 1.29 is 14.4 Å². The Balaban J connectivity index is 1.97. The maximum atomic E-state index is 12.3. The fourth-order valence-corrected chi connectivity index (χ4v) is 3.73. The van der Waals surface area contributed by atoms with Crippen molar-refractivity contribution >= 4 is 29.5 Å². The fraction of sp³-hybridized carbons (Fsp3) is 0.471. The lowest BCUT2D eigenvalue weighted by molar-refractivity contribution is -0.148. The molecule has 1 aromatic rings. The van der Waals surface area contributed by atoms with Gasteiger partial charge in [0.2, 0.25) is 17.7 Å². The van der Waals surface area contributed by atoms with E-state index in [-0.39, 0.29) is 34.8 Å². The Morgan fingerprint density at radius 2 is 1.65 bits per heavy atom. The summed E-state index contributed by atoms with van der Waals surface area (Å²) in [5, 5.41) is 2.29. The number of carbonyl (C=O) groups is 3. The average Bonchev–Trinajstić information content (AvgIpc) is 2.58. The highest BCUT2D eigenvalue weighted by atomic mass is 32.2. The van der Waals surface area contributed by atoms with Crippen molar-refractivity contribution in [2.45, 2.75) is 43.7 Å². The lowest BCUT2D eigenvalue weighted by Gasteiger charge is -2.34. The molecular weight excluding hydrogens is 312 g/mol. The van der Waals surface area contributed by atoms with Crippen molar-refractivity contribution in [2.24, 2.45) is 0 Å². The van der Waals surface area contributed by atoms with Gasteiger partial charge in [0.1, 0.15) is 6.54 Å². The van der Waals surface area contributed by atoms with E-state index in [9.17, 15) is 14.4 Å². The molecule has 1 N–H and O–H groups in total. The lowest BCUT2D eigenvalue weighted by atomic mass is 10.2. The number of nitrogens with zero attached hydrogens (tertiary/aromatic N) is 1. The van der Waals surface area contributed by atoms with Gasteiger partial charge in [0.25, 0.3) is 0 Å². The van der Waals surface area contributed by atoms with Crippen molar-refractivity contribution in [3.05, 3.63) is 35.9 Å². The molecule has 0 saturated carbocycles. The molecule has 1 aliphatic rings. The summed E-state index contributed by atoms with van der Waals surface area (Å²) >= 11 is 1.42. The molecule has 1 aliphatic heterocycles. The van der Waals surface area contributed by atoms with Crippen LogP contribution in [0.25, 0.3) is 0 Å². The Morgan fingerprint density at radius 3 is 2.17 bits per heavy atom. The molecule has 0 unspecified atom stereocenters. The first-order valence-corrected chi connectivity index (χ1v) is 8.82. The van der Waals surface area contributed by atoms with E-state index in [1.54, 1.807) is 0 Å². The summed E-state index contributed by atoms with van der Waals surface area (Å²) in [5.74, 6) is -0.809. The predicted octanol–water partition coefficient (Wildman–Crippen LogP) is 1.96. The van der Waals surface area contributed by atoms with Gasteiger partial charge in [-0.1, -0.05) is 44.2 Å². The summed E-state index contributed by atoms with van der Waals surface area (Å²) in [6.07, 6.45) is 1.32. The van der Waals surface area contributed by atoms with Gasteiger partial charge in [-0.15, -0.1) is 11.8 Å². The van der Waals surface area contributed by atoms with Crippen LogP contribution >= 0.6 is 11.8 Å². The largest absolute Gasteiger partial charge is 0.350 e. The molecule has 23 heavy (non-hydrogen) atoms. The lowest BCUT2D eigenvalue weighted by Crippen LogP contribution is -2.54. The number of carbonyl (C=O) groups excluding carboxylic acids is 3. The number of imide groups is 1. The van der Waals surface area contributed by atoms with Crippen LogP contribution in [0.4, 0.5) is 0 Å². The quantitative estimate of drug-likeness (QED) is 0.808. The molecule has 3 amide bonds. The van der Waals surface area contributed by atoms with Crippen LogP contribution in [-0.4, -0.2) is 39.7 Å². The van der Waals surface area contributed by atoms with Gasteiger partial charge in [0, 0.05) is 6.54 Å². The summed E-state index contributed by atoms with van der Waals surface area (Å²) in [4.78, 5) is 37.9. The van der Waals surface area contributed by atoms with Gasteiger partial charge >= 0.3 is 0 Å². The van der Waals surface area contributed by atoms with E-state index in [4.69, 9.17) is 0 Å². The first-order valence-electron chi connectivity index (χ1n) is 7.88. The van der Waals surface area contributed by atoms with Crippen molar-refractivity contribution in [1.29, 1.82) is 0 Å². The zero-order chi connectivity index (χ0) is 16.8. The van der Waals surface area contributed by atoms with Crippen LogP contribution in [0.3, 0.4) is 0 Å². The molecule has 0 aliphatic carbocycles. The van der Waals surface area contributed by atoms with Gasteiger partial charge in [-0.3, -0.25) is 19.3 Å². The van der Waals surface area contributed by atoms with Gasteiger partial charge in [-0.25, -0.2) is 0 Å². The van der Waals surface area contributed by atoms with Gasteiger partial charge < -0.3 is 5.32 Å². The normalized spacial score (nSPS) is 21.4. The van der Waals surface area contributed by atoms with E-state index in [1.165, 1.54) is 11.8 Å². The Hall–Kier alpha value is -1.82.